The second-order valence-electron chi connectivity index (χ2n) is 8.71. The molecular formula is C22H23F3N8O3. The third kappa shape index (κ3) is 4.45. The van der Waals surface area contributed by atoms with Gasteiger partial charge in [-0.2, -0.15) is 13.2 Å². The van der Waals surface area contributed by atoms with Crippen molar-refractivity contribution >= 4 is 17.8 Å². The number of anilines is 1. The Hall–Kier alpha value is -4.10. The number of hydrogen-bond acceptors (Lipinski definition) is 8. The minimum absolute atomic E-state index is 0.196. The predicted octanol–water partition coefficient (Wildman–Crippen LogP) is 2.13. The molecule has 1 fully saturated rings. The number of nitrogens with zero attached hydrogens (tertiary/aromatic N) is 5. The monoisotopic (exact) mass is 504 g/mol. The summed E-state index contributed by atoms with van der Waals surface area (Å²) in [6.45, 7) is 3.86. The maximum Gasteiger partial charge on any atom is 0.408 e. The molecule has 0 aliphatic carbocycles. The van der Waals surface area contributed by atoms with E-state index in [0.29, 0.717) is 48.4 Å². The minimum Gasteiger partial charge on any atom is -0.439 e. The maximum atomic E-state index is 13.4. The van der Waals surface area contributed by atoms with Crippen molar-refractivity contribution in [2.75, 3.05) is 18.4 Å². The van der Waals surface area contributed by atoms with Crippen LogP contribution in [0.25, 0.3) is 11.5 Å². The first-order valence-electron chi connectivity index (χ1n) is 11.3. The largest absolute Gasteiger partial charge is 0.439 e. The molecule has 2 aromatic rings. The highest BCUT2D eigenvalue weighted by Crippen LogP contribution is 2.34. The Morgan fingerprint density at radius 2 is 2.08 bits per heavy atom. The van der Waals surface area contributed by atoms with Crippen molar-refractivity contribution in [3.05, 3.63) is 48.2 Å². The number of allylic oxidation sites excluding steroid dienone is 1. The van der Waals surface area contributed by atoms with Gasteiger partial charge in [-0.1, -0.05) is 6.08 Å². The van der Waals surface area contributed by atoms with Crippen molar-refractivity contribution in [2.24, 2.45) is 0 Å². The summed E-state index contributed by atoms with van der Waals surface area (Å²) in [6.07, 6.45) is 2.06. The van der Waals surface area contributed by atoms with E-state index in [0.717, 1.165) is 6.92 Å². The van der Waals surface area contributed by atoms with E-state index in [1.54, 1.807) is 19.1 Å². The lowest BCUT2D eigenvalue weighted by Gasteiger charge is -2.41. The number of nitrogens with one attached hydrogen (secondary N) is 3. The van der Waals surface area contributed by atoms with Crippen molar-refractivity contribution < 1.29 is 27.2 Å². The summed E-state index contributed by atoms with van der Waals surface area (Å²) < 4.78 is 44.2. The zero-order chi connectivity index (χ0) is 25.6. The normalized spacial score (nSPS) is 21.7. The zero-order valence-corrected chi connectivity index (χ0v) is 19.3. The van der Waals surface area contributed by atoms with Crippen molar-refractivity contribution in [2.45, 2.75) is 44.6 Å². The van der Waals surface area contributed by atoms with E-state index in [-0.39, 0.29) is 11.9 Å². The van der Waals surface area contributed by atoms with Gasteiger partial charge >= 0.3 is 12.2 Å². The Morgan fingerprint density at radius 1 is 1.28 bits per heavy atom. The number of amides is 3. The molecule has 0 radical (unpaired) electrons. The van der Waals surface area contributed by atoms with Crippen LogP contribution >= 0.6 is 0 Å². The lowest BCUT2D eigenvalue weighted by Crippen LogP contribution is -2.57. The van der Waals surface area contributed by atoms with E-state index in [1.165, 1.54) is 23.5 Å². The molecule has 14 heteroatoms. The molecular weight excluding hydrogens is 481 g/mol. The van der Waals surface area contributed by atoms with Crippen molar-refractivity contribution in [1.29, 1.82) is 0 Å². The van der Waals surface area contributed by atoms with Gasteiger partial charge in [0.15, 0.2) is 11.7 Å². The van der Waals surface area contributed by atoms with Gasteiger partial charge in [0, 0.05) is 26.1 Å². The van der Waals surface area contributed by atoms with E-state index in [4.69, 9.17) is 4.42 Å². The Bertz CT molecular complexity index is 1260. The topological polar surface area (TPSA) is 129 Å². The number of rotatable bonds is 4. The molecule has 5 heterocycles. The molecule has 3 N–H and O–H groups in total. The molecule has 5 rings (SSSR count). The summed E-state index contributed by atoms with van der Waals surface area (Å²) in [5.41, 5.74) is 1.12. The molecule has 1 saturated heterocycles. The van der Waals surface area contributed by atoms with E-state index < -0.39 is 30.2 Å². The number of carbonyl (C=O) groups excluding carboxylic acids is 2. The van der Waals surface area contributed by atoms with E-state index in [1.807, 2.05) is 5.32 Å². The summed E-state index contributed by atoms with van der Waals surface area (Å²) in [5.74, 6) is 0.608. The molecule has 0 spiro atoms. The number of carbonyl (C=O) groups is 2. The summed E-state index contributed by atoms with van der Waals surface area (Å²) in [6, 6.07) is -2.25. The lowest BCUT2D eigenvalue weighted by molar-refractivity contribution is -0.158. The number of aryl methyl sites for hydroxylation is 1. The quantitative estimate of drug-likeness (QED) is 0.578. The molecule has 1 unspecified atom stereocenters. The highest BCUT2D eigenvalue weighted by molar-refractivity contribution is 5.91. The number of aromatic nitrogens is 3. The molecule has 3 aliphatic rings. The average Bonchev–Trinajstić information content (AvgIpc) is 3.45. The van der Waals surface area contributed by atoms with Crippen LogP contribution in [0.15, 0.2) is 46.7 Å². The highest BCUT2D eigenvalue weighted by Gasteiger charge is 2.43. The Labute approximate surface area is 203 Å². The van der Waals surface area contributed by atoms with Crippen molar-refractivity contribution in [3.63, 3.8) is 0 Å². The molecule has 2 bridgehead atoms. The SMILES string of the molecule is Cc1ncc(-c2cc(NC(=O)N3C4=C(C=CC(C(=O)N[C@H](C)C(F)(F)F)N4)N4CC[C@H]3C4)ncn2)o1. The molecule has 3 amide bonds. The first-order valence-corrected chi connectivity index (χ1v) is 11.3. The molecule has 3 aliphatic heterocycles. The third-order valence-electron chi connectivity index (χ3n) is 6.22. The Kier molecular flexibility index (Phi) is 5.80. The van der Waals surface area contributed by atoms with Crippen LogP contribution in [0.3, 0.4) is 0 Å². The molecule has 2 aromatic heterocycles. The maximum absolute atomic E-state index is 13.4. The lowest BCUT2D eigenvalue weighted by atomic mass is 10.1. The van der Waals surface area contributed by atoms with E-state index >= 15 is 0 Å². The second kappa shape index (κ2) is 8.84. The van der Waals surface area contributed by atoms with Gasteiger partial charge in [-0.05, 0) is 19.4 Å². The fourth-order valence-corrected chi connectivity index (χ4v) is 4.35. The Balaban J connectivity index is 1.35. The molecule has 0 saturated carbocycles. The van der Waals surface area contributed by atoms with Gasteiger partial charge in [0.25, 0.3) is 0 Å². The third-order valence-corrected chi connectivity index (χ3v) is 6.22. The van der Waals surface area contributed by atoms with Crippen LogP contribution in [0.1, 0.15) is 19.2 Å². The van der Waals surface area contributed by atoms with Gasteiger partial charge in [-0.15, -0.1) is 0 Å². The van der Waals surface area contributed by atoms with E-state index in [9.17, 15) is 22.8 Å². The zero-order valence-electron chi connectivity index (χ0n) is 19.3. The number of alkyl halides is 3. The summed E-state index contributed by atoms with van der Waals surface area (Å²) in [4.78, 5) is 41.8. The average molecular weight is 504 g/mol. The fourth-order valence-electron chi connectivity index (χ4n) is 4.35. The second-order valence-corrected chi connectivity index (χ2v) is 8.71. The smallest absolute Gasteiger partial charge is 0.408 e. The first-order chi connectivity index (χ1) is 17.1. The van der Waals surface area contributed by atoms with Gasteiger partial charge < -0.3 is 20.0 Å². The number of fused-ring (bicyclic) bond motifs is 3. The van der Waals surface area contributed by atoms with Crippen molar-refractivity contribution in [1.82, 2.24) is 35.4 Å². The summed E-state index contributed by atoms with van der Waals surface area (Å²) in [7, 11) is 0. The van der Waals surface area contributed by atoms with Crippen LogP contribution in [0.4, 0.5) is 23.8 Å². The number of oxazole rings is 1. The van der Waals surface area contributed by atoms with Gasteiger partial charge in [-0.3, -0.25) is 15.0 Å². The first kappa shape index (κ1) is 23.6. The Morgan fingerprint density at radius 3 is 2.81 bits per heavy atom. The van der Waals surface area contributed by atoms with Crippen LogP contribution in [-0.4, -0.2) is 74.1 Å². The number of halogens is 3. The molecule has 11 nitrogen and oxygen atoms in total. The van der Waals surface area contributed by atoms with Gasteiger partial charge in [0.2, 0.25) is 5.91 Å². The van der Waals surface area contributed by atoms with Crippen LogP contribution in [-0.2, 0) is 4.79 Å². The molecule has 190 valence electrons. The van der Waals surface area contributed by atoms with Crippen LogP contribution < -0.4 is 16.0 Å². The predicted molar refractivity (Wildman–Crippen MR) is 120 cm³/mol. The molecule has 0 aromatic carbocycles. The molecule has 3 atom stereocenters. The summed E-state index contributed by atoms with van der Waals surface area (Å²) in [5, 5.41) is 7.67. The molecule has 36 heavy (non-hydrogen) atoms. The van der Waals surface area contributed by atoms with E-state index in [2.05, 4.69) is 30.5 Å². The number of urea groups is 1. The number of dihydropyridines is 1. The standard InChI is InChI=1S/C22H23F3N8O3/c1-11(22(23,24)25)29-20(34)14-3-4-16-19(30-14)33(13-5-6-32(16)9-13)21(35)31-18-7-15(27-10-28-18)17-8-26-12(2)36-17/h3-4,7-8,10-11,13-14,30H,5-6,9H2,1-2H3,(H,29,34)(H,27,28,31,35)/t11-,13+,14?/m1/s1. The highest BCUT2D eigenvalue weighted by atomic mass is 19.4. The van der Waals surface area contributed by atoms with Gasteiger partial charge in [0.05, 0.1) is 17.9 Å². The van der Waals surface area contributed by atoms with Crippen LogP contribution in [0, 0.1) is 6.92 Å². The van der Waals surface area contributed by atoms with Crippen LogP contribution in [0.2, 0.25) is 0 Å². The van der Waals surface area contributed by atoms with Crippen LogP contribution in [0.5, 0.6) is 0 Å². The minimum atomic E-state index is -4.57. The number of hydrogen-bond donors (Lipinski definition) is 3. The van der Waals surface area contributed by atoms with Gasteiger partial charge in [0.1, 0.15) is 35.7 Å². The van der Waals surface area contributed by atoms with Gasteiger partial charge in [-0.25, -0.2) is 19.7 Å². The summed E-state index contributed by atoms with van der Waals surface area (Å²) >= 11 is 0. The fraction of sp³-hybridized carbons (Fsp3) is 0.409. The van der Waals surface area contributed by atoms with Crippen molar-refractivity contribution in [3.8, 4) is 11.5 Å².